The summed E-state index contributed by atoms with van der Waals surface area (Å²) in [6.45, 7) is 4.50. The predicted octanol–water partition coefficient (Wildman–Crippen LogP) is 2.39. The van der Waals surface area contributed by atoms with E-state index in [9.17, 15) is 9.59 Å². The molecule has 1 amide bonds. The molecule has 1 aromatic rings. The van der Waals surface area contributed by atoms with Crippen LogP contribution in [0.3, 0.4) is 0 Å². The van der Waals surface area contributed by atoms with Gasteiger partial charge in [-0.15, -0.1) is 12.4 Å². The first-order valence-electron chi connectivity index (χ1n) is 8.57. The average Bonchev–Trinajstić information content (AvgIpc) is 2.62. The number of esters is 1. The third kappa shape index (κ3) is 8.17. The Morgan fingerprint density at radius 3 is 2.35 bits per heavy atom. The van der Waals surface area contributed by atoms with Crippen molar-refractivity contribution in [3.63, 3.8) is 0 Å². The molecule has 1 rings (SSSR count). The number of methoxy groups -OCH3 is 1. The van der Waals surface area contributed by atoms with E-state index >= 15 is 0 Å². The van der Waals surface area contributed by atoms with Crippen molar-refractivity contribution in [3.05, 3.63) is 35.9 Å². The van der Waals surface area contributed by atoms with Gasteiger partial charge in [0.1, 0.15) is 0 Å². The van der Waals surface area contributed by atoms with E-state index in [0.717, 1.165) is 5.56 Å². The number of ether oxygens (including phenoxy) is 2. The van der Waals surface area contributed by atoms with Gasteiger partial charge in [0.2, 0.25) is 5.91 Å². The second-order valence-electron chi connectivity index (χ2n) is 6.49. The topological polar surface area (TPSA) is 81.9 Å². The summed E-state index contributed by atoms with van der Waals surface area (Å²) in [4.78, 5) is 25.8. The summed E-state index contributed by atoms with van der Waals surface area (Å²) in [7, 11) is 2.90. The van der Waals surface area contributed by atoms with Crippen LogP contribution >= 0.6 is 12.4 Å². The van der Waals surface area contributed by atoms with Gasteiger partial charge in [0.15, 0.2) is 6.04 Å². The molecule has 1 aromatic carbocycles. The summed E-state index contributed by atoms with van der Waals surface area (Å²) in [5.41, 5.74) is 6.99. The van der Waals surface area contributed by atoms with Crippen LogP contribution in [0.25, 0.3) is 0 Å². The van der Waals surface area contributed by atoms with E-state index in [-0.39, 0.29) is 31.0 Å². The number of benzene rings is 1. The van der Waals surface area contributed by atoms with Crippen LogP contribution in [0.4, 0.5) is 0 Å². The molecule has 6 nitrogen and oxygen atoms in total. The Kier molecular flexibility index (Phi) is 11.9. The fraction of sp³-hybridized carbons (Fsp3) is 0.579. The summed E-state index contributed by atoms with van der Waals surface area (Å²) >= 11 is 0. The van der Waals surface area contributed by atoms with Gasteiger partial charge in [-0.2, -0.15) is 0 Å². The Hall–Kier alpha value is -1.63. The highest BCUT2D eigenvalue weighted by Crippen LogP contribution is 2.10. The highest BCUT2D eigenvalue weighted by molar-refractivity contribution is 5.85. The number of carbonyl (C=O) groups excluding carboxylic acids is 2. The van der Waals surface area contributed by atoms with Gasteiger partial charge in [-0.1, -0.05) is 44.2 Å². The maximum Gasteiger partial charge on any atom is 0.330 e. The standard InChI is InChI=1S/C19H30N2O4.ClH/c1-14(2)16(20)10-11-18(22)21(3)17(19(23)24-4)13-25-12-15-8-6-5-7-9-15;/h5-9,14,16-17H,10-13,20H2,1-4H3;1H/t16?,17-;/m0./s1. The number of rotatable bonds is 10. The maximum atomic E-state index is 12.4. The average molecular weight is 387 g/mol. The van der Waals surface area contributed by atoms with Crippen molar-refractivity contribution in [3.8, 4) is 0 Å². The predicted molar refractivity (Wildman–Crippen MR) is 104 cm³/mol. The number of halogens is 1. The number of hydrogen-bond acceptors (Lipinski definition) is 5. The van der Waals surface area contributed by atoms with Crippen molar-refractivity contribution in [2.24, 2.45) is 11.7 Å². The molecule has 2 N–H and O–H groups in total. The molecule has 0 saturated heterocycles. The van der Waals surface area contributed by atoms with Gasteiger partial charge in [-0.25, -0.2) is 4.79 Å². The van der Waals surface area contributed by atoms with Crippen LogP contribution in [0.2, 0.25) is 0 Å². The zero-order valence-electron chi connectivity index (χ0n) is 16.0. The van der Waals surface area contributed by atoms with Gasteiger partial charge in [-0.3, -0.25) is 4.79 Å². The highest BCUT2D eigenvalue weighted by Gasteiger charge is 2.28. The molecule has 26 heavy (non-hydrogen) atoms. The van der Waals surface area contributed by atoms with E-state index in [2.05, 4.69) is 0 Å². The molecule has 0 saturated carbocycles. The molecule has 0 aliphatic heterocycles. The van der Waals surface area contributed by atoms with Crippen LogP contribution in [0, 0.1) is 5.92 Å². The lowest BCUT2D eigenvalue weighted by Crippen LogP contribution is -2.46. The van der Waals surface area contributed by atoms with E-state index in [4.69, 9.17) is 15.2 Å². The van der Waals surface area contributed by atoms with Gasteiger partial charge in [0, 0.05) is 19.5 Å². The van der Waals surface area contributed by atoms with E-state index < -0.39 is 12.0 Å². The summed E-state index contributed by atoms with van der Waals surface area (Å²) in [6, 6.07) is 8.84. The largest absolute Gasteiger partial charge is 0.467 e. The number of hydrogen-bond donors (Lipinski definition) is 1. The molecule has 148 valence electrons. The van der Waals surface area contributed by atoms with Crippen LogP contribution in [-0.2, 0) is 25.7 Å². The molecule has 2 atom stereocenters. The lowest BCUT2D eigenvalue weighted by Gasteiger charge is -2.26. The Balaban J connectivity index is 0.00000625. The molecule has 0 heterocycles. The second kappa shape index (κ2) is 12.7. The SMILES string of the molecule is COC(=O)[C@H](COCc1ccccc1)N(C)C(=O)CCC(N)C(C)C.Cl. The molecule has 0 bridgehead atoms. The van der Waals surface area contributed by atoms with Gasteiger partial charge in [-0.05, 0) is 17.9 Å². The Morgan fingerprint density at radius 1 is 1.19 bits per heavy atom. The zero-order valence-corrected chi connectivity index (χ0v) is 16.8. The van der Waals surface area contributed by atoms with Gasteiger partial charge in [0.05, 0.1) is 20.3 Å². The van der Waals surface area contributed by atoms with Crippen molar-refractivity contribution >= 4 is 24.3 Å². The first-order valence-corrected chi connectivity index (χ1v) is 8.57. The highest BCUT2D eigenvalue weighted by atomic mass is 35.5. The van der Waals surface area contributed by atoms with Crippen molar-refractivity contribution in [2.75, 3.05) is 20.8 Å². The molecule has 0 spiro atoms. The van der Waals surface area contributed by atoms with Crippen LogP contribution < -0.4 is 5.73 Å². The van der Waals surface area contributed by atoms with E-state index in [1.165, 1.54) is 12.0 Å². The molecule has 1 unspecified atom stereocenters. The number of likely N-dealkylation sites (N-methyl/N-ethyl adjacent to an activating group) is 1. The maximum absolute atomic E-state index is 12.4. The summed E-state index contributed by atoms with van der Waals surface area (Å²) < 4.78 is 10.4. The van der Waals surface area contributed by atoms with Gasteiger partial charge in [0.25, 0.3) is 0 Å². The fourth-order valence-electron chi connectivity index (χ4n) is 2.31. The quantitative estimate of drug-likeness (QED) is 0.624. The summed E-state index contributed by atoms with van der Waals surface area (Å²) in [5, 5.41) is 0. The van der Waals surface area contributed by atoms with Crippen LogP contribution in [-0.4, -0.2) is 49.6 Å². The van der Waals surface area contributed by atoms with Gasteiger partial charge < -0.3 is 20.1 Å². The first kappa shape index (κ1) is 24.4. The lowest BCUT2D eigenvalue weighted by atomic mass is 10.00. The van der Waals surface area contributed by atoms with Crippen molar-refractivity contribution < 1.29 is 19.1 Å². The van der Waals surface area contributed by atoms with E-state index in [1.807, 2.05) is 44.2 Å². The van der Waals surface area contributed by atoms with Crippen LogP contribution in [0.5, 0.6) is 0 Å². The van der Waals surface area contributed by atoms with E-state index in [1.54, 1.807) is 7.05 Å². The molecule has 0 fully saturated rings. The number of carbonyl (C=O) groups is 2. The minimum atomic E-state index is -0.767. The molecule has 0 radical (unpaired) electrons. The minimum absolute atomic E-state index is 0. The second-order valence-corrected chi connectivity index (χ2v) is 6.49. The molecular formula is C19H31ClN2O4. The molecule has 7 heteroatoms. The first-order chi connectivity index (χ1) is 11.9. The van der Waals surface area contributed by atoms with Crippen molar-refractivity contribution in [1.29, 1.82) is 0 Å². The summed E-state index contributed by atoms with van der Waals surface area (Å²) in [6.07, 6.45) is 0.877. The molecular weight excluding hydrogens is 356 g/mol. The third-order valence-electron chi connectivity index (χ3n) is 4.27. The van der Waals surface area contributed by atoms with E-state index in [0.29, 0.717) is 25.4 Å². The number of nitrogens with zero attached hydrogens (tertiary/aromatic N) is 1. The van der Waals surface area contributed by atoms with Crippen molar-refractivity contribution in [1.82, 2.24) is 4.90 Å². The van der Waals surface area contributed by atoms with Crippen molar-refractivity contribution in [2.45, 2.75) is 45.4 Å². The lowest BCUT2D eigenvalue weighted by molar-refractivity contribution is -0.154. The zero-order chi connectivity index (χ0) is 18.8. The molecule has 0 aromatic heterocycles. The number of nitrogens with two attached hydrogens (primary N) is 1. The third-order valence-corrected chi connectivity index (χ3v) is 4.27. The Morgan fingerprint density at radius 2 is 1.81 bits per heavy atom. The minimum Gasteiger partial charge on any atom is -0.467 e. The monoisotopic (exact) mass is 386 g/mol. The van der Waals surface area contributed by atoms with Crippen LogP contribution in [0.1, 0.15) is 32.3 Å². The Labute approximate surface area is 162 Å². The molecule has 0 aliphatic rings. The summed E-state index contributed by atoms with van der Waals surface area (Å²) in [5.74, 6) is -0.324. The normalized spacial score (nSPS) is 12.8. The van der Waals surface area contributed by atoms with Gasteiger partial charge >= 0.3 is 5.97 Å². The smallest absolute Gasteiger partial charge is 0.330 e. The van der Waals surface area contributed by atoms with Crippen LogP contribution in [0.15, 0.2) is 30.3 Å². The fourth-order valence-corrected chi connectivity index (χ4v) is 2.31. The molecule has 0 aliphatic carbocycles. The Bertz CT molecular complexity index is 540. The number of amides is 1.